The summed E-state index contributed by atoms with van der Waals surface area (Å²) >= 11 is 6.19. The Balaban J connectivity index is 0.000000663. The molecule has 3 aromatic rings. The lowest BCUT2D eigenvalue weighted by atomic mass is 9.93. The molecule has 0 spiro atoms. The predicted molar refractivity (Wildman–Crippen MR) is 164 cm³/mol. The van der Waals surface area contributed by atoms with Crippen molar-refractivity contribution in [1.82, 2.24) is 9.97 Å². The van der Waals surface area contributed by atoms with Crippen molar-refractivity contribution in [3.8, 4) is 0 Å². The second-order valence-corrected chi connectivity index (χ2v) is 11.8. The van der Waals surface area contributed by atoms with Gasteiger partial charge in [-0.25, -0.2) is 9.97 Å². The first-order chi connectivity index (χ1) is 19.1. The third kappa shape index (κ3) is 8.45. The summed E-state index contributed by atoms with van der Waals surface area (Å²) in [6.07, 6.45) is 9.53. The van der Waals surface area contributed by atoms with Crippen LogP contribution in [0.1, 0.15) is 82.0 Å². The van der Waals surface area contributed by atoms with Crippen LogP contribution in [0.5, 0.6) is 0 Å². The molecule has 3 unspecified atom stereocenters. The number of hydrogen-bond donors (Lipinski definition) is 1. The number of benzene rings is 2. The number of halogens is 1. The highest BCUT2D eigenvalue weighted by molar-refractivity contribution is 7.84. The van der Waals surface area contributed by atoms with Gasteiger partial charge in [0.1, 0.15) is 5.78 Å². The van der Waals surface area contributed by atoms with Crippen molar-refractivity contribution in [2.24, 2.45) is 0 Å². The van der Waals surface area contributed by atoms with Gasteiger partial charge >= 0.3 is 0 Å². The number of amides is 1. The number of aryl methyl sites for hydroxylation is 1. The van der Waals surface area contributed by atoms with Crippen molar-refractivity contribution < 1.29 is 13.8 Å². The molecular formula is C31H39ClN4O3S. The summed E-state index contributed by atoms with van der Waals surface area (Å²) in [7, 11) is -1.05. The number of Topliss-reactive ketones (excluding diaryl/α,β-unsaturated/α-hetero) is 1. The highest BCUT2D eigenvalue weighted by atomic mass is 35.5. The van der Waals surface area contributed by atoms with Gasteiger partial charge in [0, 0.05) is 39.9 Å². The molecule has 1 aliphatic rings. The van der Waals surface area contributed by atoms with Crippen LogP contribution in [0.4, 0.5) is 11.6 Å². The van der Waals surface area contributed by atoms with E-state index in [0.29, 0.717) is 11.6 Å². The van der Waals surface area contributed by atoms with E-state index >= 15 is 0 Å². The largest absolute Gasteiger partial charge is 0.334 e. The maximum absolute atomic E-state index is 13.0. The van der Waals surface area contributed by atoms with Gasteiger partial charge in [-0.3, -0.25) is 9.00 Å². The molecule has 4 rings (SSSR count). The van der Waals surface area contributed by atoms with Crippen molar-refractivity contribution >= 4 is 45.7 Å². The molecule has 1 aliphatic heterocycles. The minimum Gasteiger partial charge on any atom is -0.334 e. The number of aromatic nitrogens is 2. The maximum Gasteiger partial charge on any atom is 0.231 e. The predicted octanol–water partition coefficient (Wildman–Crippen LogP) is 6.89. The van der Waals surface area contributed by atoms with Crippen LogP contribution in [0.25, 0.3) is 0 Å². The fourth-order valence-electron chi connectivity index (χ4n) is 4.83. The normalized spacial score (nSPS) is 16.1. The van der Waals surface area contributed by atoms with Crippen LogP contribution in [0.2, 0.25) is 5.02 Å². The molecular weight excluding hydrogens is 544 g/mol. The van der Waals surface area contributed by atoms with Crippen LogP contribution in [-0.4, -0.2) is 38.7 Å². The third-order valence-electron chi connectivity index (χ3n) is 6.94. The van der Waals surface area contributed by atoms with E-state index in [1.807, 2.05) is 57.2 Å². The van der Waals surface area contributed by atoms with E-state index in [-0.39, 0.29) is 23.7 Å². The fraction of sp³-hybridized carbons (Fsp3) is 0.419. The van der Waals surface area contributed by atoms with Crippen molar-refractivity contribution in [3.05, 3.63) is 76.6 Å². The van der Waals surface area contributed by atoms with E-state index < -0.39 is 10.8 Å². The Morgan fingerprint density at radius 1 is 1.15 bits per heavy atom. The monoisotopic (exact) mass is 582 g/mol. The molecule has 2 aromatic carbocycles. The molecule has 2 heterocycles. The molecule has 9 heteroatoms. The number of ketones is 1. The highest BCUT2D eigenvalue weighted by Crippen LogP contribution is 2.35. The SMILES string of the molecule is CCCC(C)=O.CCc1cc(S(C)=O)ccc1C(C)C(=O)Nc1cnc(N2CCCC2c2cccc(Cl)c2)nc1. The first kappa shape index (κ1) is 31.4. The third-order valence-corrected chi connectivity index (χ3v) is 8.09. The Bertz CT molecular complexity index is 1330. The van der Waals surface area contributed by atoms with Gasteiger partial charge in [-0.15, -0.1) is 0 Å². The van der Waals surface area contributed by atoms with Crippen LogP contribution in [0.15, 0.2) is 59.8 Å². The van der Waals surface area contributed by atoms with E-state index in [9.17, 15) is 13.8 Å². The summed E-state index contributed by atoms with van der Waals surface area (Å²) < 4.78 is 11.8. The molecule has 0 aliphatic carbocycles. The quantitative estimate of drug-likeness (QED) is 0.295. The first-order valence-corrected chi connectivity index (χ1v) is 15.7. The van der Waals surface area contributed by atoms with E-state index in [2.05, 4.69) is 26.3 Å². The molecule has 40 heavy (non-hydrogen) atoms. The maximum atomic E-state index is 13.0. The Morgan fingerprint density at radius 2 is 1.88 bits per heavy atom. The second-order valence-electron chi connectivity index (χ2n) is 10.0. The van der Waals surface area contributed by atoms with Crippen molar-refractivity contribution in [3.63, 3.8) is 0 Å². The van der Waals surface area contributed by atoms with Crippen LogP contribution >= 0.6 is 11.6 Å². The zero-order valence-corrected chi connectivity index (χ0v) is 25.5. The van der Waals surface area contributed by atoms with Crippen LogP contribution in [-0.2, 0) is 26.8 Å². The molecule has 214 valence electrons. The summed E-state index contributed by atoms with van der Waals surface area (Å²) in [4.78, 5) is 35.0. The lowest BCUT2D eigenvalue weighted by Crippen LogP contribution is -2.25. The van der Waals surface area contributed by atoms with E-state index in [4.69, 9.17) is 11.6 Å². The molecule has 3 atom stereocenters. The molecule has 1 aromatic heterocycles. The number of carbonyl (C=O) groups is 2. The summed E-state index contributed by atoms with van der Waals surface area (Å²) in [5, 5.41) is 3.66. The number of hydrogen-bond acceptors (Lipinski definition) is 6. The number of rotatable bonds is 9. The highest BCUT2D eigenvalue weighted by Gasteiger charge is 2.28. The van der Waals surface area contributed by atoms with E-state index in [1.165, 1.54) is 0 Å². The van der Waals surface area contributed by atoms with Crippen LogP contribution < -0.4 is 10.2 Å². The molecule has 1 amide bonds. The van der Waals surface area contributed by atoms with E-state index in [0.717, 1.165) is 65.3 Å². The molecule has 0 saturated carbocycles. The molecule has 1 fully saturated rings. The number of nitrogens with zero attached hydrogens (tertiary/aromatic N) is 3. The molecule has 7 nitrogen and oxygen atoms in total. The molecule has 1 saturated heterocycles. The average molecular weight is 583 g/mol. The Hall–Kier alpha value is -3.10. The van der Waals surface area contributed by atoms with Crippen LogP contribution in [0, 0.1) is 0 Å². The Morgan fingerprint density at radius 3 is 2.45 bits per heavy atom. The van der Waals surface area contributed by atoms with Gasteiger partial charge in [0.15, 0.2) is 0 Å². The topological polar surface area (TPSA) is 92.3 Å². The first-order valence-electron chi connectivity index (χ1n) is 13.7. The minimum absolute atomic E-state index is 0.130. The zero-order valence-electron chi connectivity index (χ0n) is 23.9. The molecule has 1 N–H and O–H groups in total. The van der Waals surface area contributed by atoms with Gasteiger partial charge in [0.05, 0.1) is 30.0 Å². The van der Waals surface area contributed by atoms with Gasteiger partial charge in [-0.05, 0) is 80.5 Å². The lowest BCUT2D eigenvalue weighted by Gasteiger charge is -2.25. The van der Waals surface area contributed by atoms with Crippen molar-refractivity contribution in [2.45, 2.75) is 76.7 Å². The summed E-state index contributed by atoms with van der Waals surface area (Å²) in [6, 6.07) is 13.8. The van der Waals surface area contributed by atoms with Crippen molar-refractivity contribution in [2.75, 3.05) is 23.0 Å². The Kier molecular flexibility index (Phi) is 11.8. The van der Waals surface area contributed by atoms with Gasteiger partial charge < -0.3 is 15.0 Å². The summed E-state index contributed by atoms with van der Waals surface area (Å²) in [5.41, 5.74) is 3.68. The van der Waals surface area contributed by atoms with Crippen molar-refractivity contribution in [1.29, 1.82) is 0 Å². The van der Waals surface area contributed by atoms with Gasteiger partial charge in [0.2, 0.25) is 11.9 Å². The smallest absolute Gasteiger partial charge is 0.231 e. The van der Waals surface area contributed by atoms with Gasteiger partial charge in [-0.2, -0.15) is 0 Å². The molecule has 0 radical (unpaired) electrons. The standard InChI is InChI=1S/C26H29ClN4O2S.C5H10O/c1-4-18-14-22(34(3)33)10-11-23(18)17(2)25(32)30-21-15-28-26(29-16-21)31-12-6-9-24(31)19-7-5-8-20(27)13-19;1-3-4-5(2)6/h5,7-8,10-11,13-17,24H,4,6,9,12H2,1-3H3,(H,30,32);3-4H2,1-2H3. The minimum atomic E-state index is -1.05. The van der Waals surface area contributed by atoms with E-state index in [1.54, 1.807) is 25.6 Å². The summed E-state index contributed by atoms with van der Waals surface area (Å²) in [6.45, 7) is 8.40. The number of carbonyl (C=O) groups excluding carboxylic acids is 2. The van der Waals surface area contributed by atoms with Gasteiger partial charge in [-0.1, -0.05) is 43.6 Å². The molecule has 0 bridgehead atoms. The lowest BCUT2D eigenvalue weighted by molar-refractivity contribution is -0.118. The summed E-state index contributed by atoms with van der Waals surface area (Å²) in [5.74, 6) is 0.441. The number of nitrogens with one attached hydrogen (secondary N) is 1. The van der Waals surface area contributed by atoms with Gasteiger partial charge in [0.25, 0.3) is 0 Å². The fourth-order valence-corrected chi connectivity index (χ4v) is 5.60. The van der Waals surface area contributed by atoms with Crippen LogP contribution in [0.3, 0.4) is 0 Å². The zero-order chi connectivity index (χ0) is 29.2. The number of anilines is 2. The average Bonchev–Trinajstić information content (AvgIpc) is 3.43. The Labute approximate surface area is 245 Å². The second kappa shape index (κ2) is 15.1.